The van der Waals surface area contributed by atoms with Gasteiger partial charge in [-0.2, -0.15) is 0 Å². The summed E-state index contributed by atoms with van der Waals surface area (Å²) in [6, 6.07) is 0. The van der Waals surface area contributed by atoms with Gasteiger partial charge in [0.15, 0.2) is 0 Å². The third-order valence-corrected chi connectivity index (χ3v) is 2.19. The number of carbonyl (C=O) groups is 4. The Morgan fingerprint density at radius 1 is 1.06 bits per heavy atom. The number of ether oxygens (including phenoxy) is 2. The van der Waals surface area contributed by atoms with E-state index in [4.69, 9.17) is 5.11 Å². The predicted octanol–water partition coefficient (Wildman–Crippen LogP) is -0.371. The van der Waals surface area contributed by atoms with Crippen molar-refractivity contribution in [1.29, 1.82) is 0 Å². The summed E-state index contributed by atoms with van der Waals surface area (Å²) in [6.07, 6.45) is -0.675. The van der Waals surface area contributed by atoms with Crippen molar-refractivity contribution in [3.63, 3.8) is 0 Å². The molecule has 0 spiro atoms. The largest absolute Gasteiger partial charge is 0.481 e. The van der Waals surface area contributed by atoms with Gasteiger partial charge in [-0.1, -0.05) is 0 Å². The summed E-state index contributed by atoms with van der Waals surface area (Å²) < 4.78 is 8.75. The van der Waals surface area contributed by atoms with E-state index in [2.05, 4.69) is 9.47 Å². The number of carboxylic acid groups (broad SMARTS) is 1. The van der Waals surface area contributed by atoms with Crippen LogP contribution in [0.2, 0.25) is 0 Å². The molecule has 7 nitrogen and oxygen atoms in total. The average Bonchev–Trinajstić information content (AvgIpc) is 2.25. The van der Waals surface area contributed by atoms with Gasteiger partial charge >= 0.3 is 17.9 Å². The van der Waals surface area contributed by atoms with Gasteiger partial charge in [0.2, 0.25) is 0 Å². The van der Waals surface area contributed by atoms with Crippen molar-refractivity contribution in [3.8, 4) is 0 Å². The number of ketones is 1. The second kappa shape index (κ2) is 6.62. The summed E-state index contributed by atoms with van der Waals surface area (Å²) in [5.41, 5.74) is 0. The Labute approximate surface area is 97.7 Å². The first-order valence-electron chi connectivity index (χ1n) is 4.73. The number of esters is 2. The second-order valence-corrected chi connectivity index (χ2v) is 3.34. The summed E-state index contributed by atoms with van der Waals surface area (Å²) in [4.78, 5) is 44.6. The Morgan fingerprint density at radius 3 is 1.82 bits per heavy atom. The molecule has 0 fully saturated rings. The molecule has 0 aromatic carbocycles. The lowest BCUT2D eigenvalue weighted by Gasteiger charge is -2.19. The molecule has 0 saturated heterocycles. The molecule has 0 amide bonds. The first-order chi connectivity index (χ1) is 7.84. The van der Waals surface area contributed by atoms with E-state index >= 15 is 0 Å². The van der Waals surface area contributed by atoms with Crippen molar-refractivity contribution in [2.75, 3.05) is 14.2 Å². The molecule has 0 bridgehead atoms. The van der Waals surface area contributed by atoms with Gasteiger partial charge < -0.3 is 14.6 Å². The Balaban J connectivity index is 5.20. The lowest BCUT2D eigenvalue weighted by atomic mass is 9.86. The molecular formula is C10H14O7. The number of methoxy groups -OCH3 is 2. The van der Waals surface area contributed by atoms with Crippen LogP contribution in [0.1, 0.15) is 13.3 Å². The van der Waals surface area contributed by atoms with E-state index in [9.17, 15) is 19.2 Å². The van der Waals surface area contributed by atoms with Crippen LogP contribution in [0.5, 0.6) is 0 Å². The number of carbonyl (C=O) groups excluding carboxylic acids is 3. The highest BCUT2D eigenvalue weighted by Gasteiger charge is 2.40. The molecule has 0 aliphatic carbocycles. The van der Waals surface area contributed by atoms with Crippen LogP contribution in [-0.2, 0) is 28.7 Å². The standard InChI is InChI=1S/C10H14O7/c1-5(11)8(10(15)17-3)6(4-7(12)13)9(14)16-2/h6,8H,4H2,1-3H3,(H,12,13). The van der Waals surface area contributed by atoms with Crippen LogP contribution in [0, 0.1) is 11.8 Å². The molecular weight excluding hydrogens is 232 g/mol. The quantitative estimate of drug-likeness (QED) is 0.503. The summed E-state index contributed by atoms with van der Waals surface area (Å²) in [5, 5.41) is 8.64. The van der Waals surface area contributed by atoms with E-state index < -0.39 is 41.9 Å². The summed E-state index contributed by atoms with van der Waals surface area (Å²) in [6.45, 7) is 1.08. The van der Waals surface area contributed by atoms with Gasteiger partial charge in [0.1, 0.15) is 11.7 Å². The maximum Gasteiger partial charge on any atom is 0.317 e. The van der Waals surface area contributed by atoms with Crippen LogP contribution in [0.15, 0.2) is 0 Å². The second-order valence-electron chi connectivity index (χ2n) is 3.34. The monoisotopic (exact) mass is 246 g/mol. The number of hydrogen-bond donors (Lipinski definition) is 1. The molecule has 0 aliphatic heterocycles. The first kappa shape index (κ1) is 15.1. The van der Waals surface area contributed by atoms with Gasteiger partial charge in [0, 0.05) is 0 Å². The van der Waals surface area contributed by atoms with Gasteiger partial charge in [0.25, 0.3) is 0 Å². The van der Waals surface area contributed by atoms with Gasteiger partial charge in [0.05, 0.1) is 26.6 Å². The van der Waals surface area contributed by atoms with Gasteiger partial charge in [-0.05, 0) is 6.92 Å². The molecule has 0 aromatic heterocycles. The van der Waals surface area contributed by atoms with Gasteiger partial charge in [-0.3, -0.25) is 19.2 Å². The molecule has 2 unspecified atom stereocenters. The van der Waals surface area contributed by atoms with Gasteiger partial charge in [-0.25, -0.2) is 0 Å². The molecule has 0 aromatic rings. The molecule has 7 heteroatoms. The zero-order valence-electron chi connectivity index (χ0n) is 9.76. The molecule has 2 atom stereocenters. The van der Waals surface area contributed by atoms with Crippen LogP contribution in [0.25, 0.3) is 0 Å². The Kier molecular flexibility index (Phi) is 5.87. The minimum atomic E-state index is -1.46. The van der Waals surface area contributed by atoms with E-state index in [0.717, 1.165) is 21.1 Å². The molecule has 0 aliphatic rings. The van der Waals surface area contributed by atoms with E-state index in [1.807, 2.05) is 0 Å². The van der Waals surface area contributed by atoms with Crippen LogP contribution < -0.4 is 0 Å². The van der Waals surface area contributed by atoms with Crippen LogP contribution in [0.4, 0.5) is 0 Å². The maximum absolute atomic E-state index is 11.4. The zero-order valence-corrected chi connectivity index (χ0v) is 9.76. The molecule has 0 rings (SSSR count). The minimum absolute atomic E-state index is 0.645. The van der Waals surface area contributed by atoms with Crippen molar-refractivity contribution in [2.45, 2.75) is 13.3 Å². The van der Waals surface area contributed by atoms with Gasteiger partial charge in [-0.15, -0.1) is 0 Å². The number of aliphatic carboxylic acids is 1. The summed E-state index contributed by atoms with van der Waals surface area (Å²) in [5.74, 6) is -6.66. The summed E-state index contributed by atoms with van der Waals surface area (Å²) >= 11 is 0. The highest BCUT2D eigenvalue weighted by Crippen LogP contribution is 2.20. The third kappa shape index (κ3) is 4.21. The van der Waals surface area contributed by atoms with Crippen molar-refractivity contribution >= 4 is 23.7 Å². The molecule has 0 radical (unpaired) electrons. The predicted molar refractivity (Wildman–Crippen MR) is 53.9 cm³/mol. The maximum atomic E-state index is 11.4. The Morgan fingerprint density at radius 2 is 1.53 bits per heavy atom. The highest BCUT2D eigenvalue weighted by atomic mass is 16.5. The van der Waals surface area contributed by atoms with E-state index in [0.29, 0.717) is 0 Å². The number of Topliss-reactive ketones (excluding diaryl/α,β-unsaturated/α-hetero) is 1. The topological polar surface area (TPSA) is 107 Å². The fourth-order valence-electron chi connectivity index (χ4n) is 1.42. The van der Waals surface area contributed by atoms with Crippen molar-refractivity contribution in [2.24, 2.45) is 11.8 Å². The fourth-order valence-corrected chi connectivity index (χ4v) is 1.42. The summed E-state index contributed by atoms with van der Waals surface area (Å²) in [7, 11) is 2.10. The number of hydrogen-bond acceptors (Lipinski definition) is 6. The number of rotatable bonds is 6. The normalized spacial score (nSPS) is 13.4. The van der Waals surface area contributed by atoms with Crippen LogP contribution >= 0.6 is 0 Å². The van der Waals surface area contributed by atoms with E-state index in [1.54, 1.807) is 0 Å². The molecule has 17 heavy (non-hydrogen) atoms. The highest BCUT2D eigenvalue weighted by molar-refractivity contribution is 6.02. The van der Waals surface area contributed by atoms with E-state index in [1.165, 1.54) is 0 Å². The molecule has 1 N–H and O–H groups in total. The van der Waals surface area contributed by atoms with Crippen LogP contribution in [-0.4, -0.2) is 43.0 Å². The zero-order chi connectivity index (χ0) is 13.6. The van der Waals surface area contributed by atoms with E-state index in [-0.39, 0.29) is 0 Å². The Hall–Kier alpha value is -1.92. The first-order valence-corrected chi connectivity index (χ1v) is 4.73. The Bertz CT molecular complexity index is 334. The number of carboxylic acids is 1. The lowest BCUT2D eigenvalue weighted by molar-refractivity contribution is -0.162. The molecule has 0 saturated carbocycles. The average molecular weight is 246 g/mol. The lowest BCUT2D eigenvalue weighted by Crippen LogP contribution is -2.37. The van der Waals surface area contributed by atoms with Crippen molar-refractivity contribution < 1.29 is 33.8 Å². The third-order valence-electron chi connectivity index (χ3n) is 2.19. The fraction of sp³-hybridized carbons (Fsp3) is 0.600. The minimum Gasteiger partial charge on any atom is -0.481 e. The smallest absolute Gasteiger partial charge is 0.317 e. The molecule has 96 valence electrons. The van der Waals surface area contributed by atoms with Crippen molar-refractivity contribution in [1.82, 2.24) is 0 Å². The van der Waals surface area contributed by atoms with Crippen LogP contribution in [0.3, 0.4) is 0 Å². The SMILES string of the molecule is COC(=O)C(CC(=O)O)C(C(C)=O)C(=O)OC. The molecule has 0 heterocycles. The van der Waals surface area contributed by atoms with Crippen molar-refractivity contribution in [3.05, 3.63) is 0 Å².